The lowest BCUT2D eigenvalue weighted by Gasteiger charge is -2.37. The zero-order valence-electron chi connectivity index (χ0n) is 10.2. The number of hydrogen-bond donors (Lipinski definition) is 1. The van der Waals surface area contributed by atoms with Gasteiger partial charge in [0.15, 0.2) is 0 Å². The number of aliphatic hydroxyl groups is 1. The van der Waals surface area contributed by atoms with E-state index in [9.17, 15) is 0 Å². The van der Waals surface area contributed by atoms with Crippen LogP contribution in [0.25, 0.3) is 0 Å². The van der Waals surface area contributed by atoms with Crippen molar-refractivity contribution in [2.24, 2.45) is 0 Å². The Morgan fingerprint density at radius 3 is 2.53 bits per heavy atom. The van der Waals surface area contributed by atoms with Crippen LogP contribution < -0.4 is 4.90 Å². The Kier molecular flexibility index (Phi) is 3.92. The number of aliphatic hydroxyl groups excluding tert-OH is 1. The Hall–Kier alpha value is -0.770. The normalized spacial score (nSPS) is 25.1. The van der Waals surface area contributed by atoms with Crippen molar-refractivity contribution in [3.8, 4) is 0 Å². The van der Waals surface area contributed by atoms with E-state index in [-0.39, 0.29) is 18.8 Å². The monoisotopic (exact) mass is 255 g/mol. The second-order valence-electron chi connectivity index (χ2n) is 4.60. The number of morpholine rings is 1. The smallest absolute Gasteiger partial charge is 0.0726 e. The summed E-state index contributed by atoms with van der Waals surface area (Å²) in [6.07, 6.45) is 0.463. The highest BCUT2D eigenvalue weighted by atomic mass is 35.5. The van der Waals surface area contributed by atoms with E-state index in [1.807, 2.05) is 18.2 Å². The zero-order chi connectivity index (χ0) is 12.4. The summed E-state index contributed by atoms with van der Waals surface area (Å²) in [5, 5.41) is 9.71. The summed E-state index contributed by atoms with van der Waals surface area (Å²) in [6, 6.07) is 5.79. The maximum absolute atomic E-state index is 9.09. The third kappa shape index (κ3) is 2.92. The molecule has 94 valence electrons. The SMILES string of the molecule is CC1CN(c2ccc(CO)c(Cl)c2)CC(C)O1. The summed E-state index contributed by atoms with van der Waals surface area (Å²) in [7, 11) is 0. The van der Waals surface area contributed by atoms with Crippen molar-refractivity contribution in [2.45, 2.75) is 32.7 Å². The maximum atomic E-state index is 9.09. The van der Waals surface area contributed by atoms with Crippen molar-refractivity contribution in [2.75, 3.05) is 18.0 Å². The fourth-order valence-electron chi connectivity index (χ4n) is 2.25. The predicted octanol–water partition coefficient (Wildman–Crippen LogP) is 2.45. The van der Waals surface area contributed by atoms with Gasteiger partial charge in [0.1, 0.15) is 0 Å². The molecule has 1 aromatic rings. The van der Waals surface area contributed by atoms with Crippen LogP contribution in [0.3, 0.4) is 0 Å². The number of hydrogen-bond acceptors (Lipinski definition) is 3. The van der Waals surface area contributed by atoms with Crippen LogP contribution in [0.2, 0.25) is 5.02 Å². The van der Waals surface area contributed by atoms with Crippen LogP contribution in [-0.4, -0.2) is 30.4 Å². The van der Waals surface area contributed by atoms with Gasteiger partial charge in [-0.3, -0.25) is 0 Å². The molecular weight excluding hydrogens is 238 g/mol. The molecule has 0 aliphatic carbocycles. The molecule has 0 spiro atoms. The first-order valence-corrected chi connectivity index (χ1v) is 6.27. The van der Waals surface area contributed by atoms with Crippen LogP contribution in [0.15, 0.2) is 18.2 Å². The highest BCUT2D eigenvalue weighted by molar-refractivity contribution is 6.31. The molecule has 4 heteroatoms. The van der Waals surface area contributed by atoms with E-state index < -0.39 is 0 Å². The van der Waals surface area contributed by atoms with E-state index in [1.165, 1.54) is 0 Å². The minimum absolute atomic E-state index is 0.0188. The average molecular weight is 256 g/mol. The first kappa shape index (κ1) is 12.7. The fraction of sp³-hybridized carbons (Fsp3) is 0.538. The molecule has 0 bridgehead atoms. The van der Waals surface area contributed by atoms with Gasteiger partial charge < -0.3 is 14.7 Å². The molecule has 2 rings (SSSR count). The van der Waals surface area contributed by atoms with Crippen molar-refractivity contribution in [1.82, 2.24) is 0 Å². The molecule has 1 aromatic carbocycles. The molecule has 3 nitrogen and oxygen atoms in total. The minimum atomic E-state index is -0.0188. The van der Waals surface area contributed by atoms with Gasteiger partial charge in [-0.1, -0.05) is 17.7 Å². The quantitative estimate of drug-likeness (QED) is 0.881. The molecule has 17 heavy (non-hydrogen) atoms. The molecule has 1 aliphatic heterocycles. The number of ether oxygens (including phenoxy) is 1. The zero-order valence-corrected chi connectivity index (χ0v) is 10.9. The lowest BCUT2D eigenvalue weighted by Crippen LogP contribution is -2.45. The van der Waals surface area contributed by atoms with Crippen molar-refractivity contribution >= 4 is 17.3 Å². The molecule has 0 saturated carbocycles. The molecule has 2 atom stereocenters. The van der Waals surface area contributed by atoms with Gasteiger partial charge in [0.05, 0.1) is 18.8 Å². The molecule has 0 radical (unpaired) electrons. The number of anilines is 1. The predicted molar refractivity (Wildman–Crippen MR) is 69.6 cm³/mol. The van der Waals surface area contributed by atoms with Crippen LogP contribution in [0.5, 0.6) is 0 Å². The summed E-state index contributed by atoms with van der Waals surface area (Å²) in [5.41, 5.74) is 1.86. The van der Waals surface area contributed by atoms with Crippen molar-refractivity contribution in [3.63, 3.8) is 0 Å². The summed E-state index contributed by atoms with van der Waals surface area (Å²) in [5.74, 6) is 0. The van der Waals surface area contributed by atoms with Crippen LogP contribution in [0.4, 0.5) is 5.69 Å². The number of benzene rings is 1. The van der Waals surface area contributed by atoms with Gasteiger partial charge in [-0.05, 0) is 31.5 Å². The Balaban J connectivity index is 2.19. The molecule has 1 fully saturated rings. The lowest BCUT2D eigenvalue weighted by molar-refractivity contribution is -0.00521. The van der Waals surface area contributed by atoms with Gasteiger partial charge in [0.2, 0.25) is 0 Å². The van der Waals surface area contributed by atoms with E-state index in [0.717, 1.165) is 24.3 Å². The van der Waals surface area contributed by atoms with Crippen molar-refractivity contribution in [3.05, 3.63) is 28.8 Å². The fourth-order valence-corrected chi connectivity index (χ4v) is 2.48. The van der Waals surface area contributed by atoms with Crippen LogP contribution in [0, 0.1) is 0 Å². The van der Waals surface area contributed by atoms with E-state index >= 15 is 0 Å². The second-order valence-corrected chi connectivity index (χ2v) is 5.00. The van der Waals surface area contributed by atoms with Gasteiger partial charge in [-0.2, -0.15) is 0 Å². The molecule has 1 heterocycles. The first-order chi connectivity index (χ1) is 8.10. The first-order valence-electron chi connectivity index (χ1n) is 5.90. The number of rotatable bonds is 2. The van der Waals surface area contributed by atoms with E-state index in [1.54, 1.807) is 0 Å². The lowest BCUT2D eigenvalue weighted by atomic mass is 10.1. The molecule has 1 saturated heterocycles. The highest BCUT2D eigenvalue weighted by Gasteiger charge is 2.22. The number of nitrogens with zero attached hydrogens (tertiary/aromatic N) is 1. The van der Waals surface area contributed by atoms with Crippen LogP contribution >= 0.6 is 11.6 Å². The molecule has 1 aliphatic rings. The van der Waals surface area contributed by atoms with E-state index in [0.29, 0.717) is 5.02 Å². The summed E-state index contributed by atoms with van der Waals surface area (Å²) in [4.78, 5) is 2.27. The average Bonchev–Trinajstić information content (AvgIpc) is 2.27. The summed E-state index contributed by atoms with van der Waals surface area (Å²) in [6.45, 7) is 5.88. The van der Waals surface area contributed by atoms with Crippen LogP contribution in [-0.2, 0) is 11.3 Å². The van der Waals surface area contributed by atoms with E-state index in [2.05, 4.69) is 18.7 Å². The Morgan fingerprint density at radius 1 is 1.35 bits per heavy atom. The summed E-state index contributed by atoms with van der Waals surface area (Å²) < 4.78 is 5.70. The Labute approximate surface area is 107 Å². The minimum Gasteiger partial charge on any atom is -0.392 e. The largest absolute Gasteiger partial charge is 0.392 e. The topological polar surface area (TPSA) is 32.7 Å². The second kappa shape index (κ2) is 5.25. The molecule has 0 aromatic heterocycles. The van der Waals surface area contributed by atoms with Gasteiger partial charge in [-0.25, -0.2) is 0 Å². The van der Waals surface area contributed by atoms with Crippen molar-refractivity contribution in [1.29, 1.82) is 0 Å². The summed E-state index contributed by atoms with van der Waals surface area (Å²) >= 11 is 6.10. The van der Waals surface area contributed by atoms with Gasteiger partial charge in [0, 0.05) is 23.8 Å². The number of halogens is 1. The molecule has 1 N–H and O–H groups in total. The van der Waals surface area contributed by atoms with Gasteiger partial charge in [-0.15, -0.1) is 0 Å². The third-order valence-electron chi connectivity index (χ3n) is 2.99. The van der Waals surface area contributed by atoms with Crippen molar-refractivity contribution < 1.29 is 9.84 Å². The van der Waals surface area contributed by atoms with E-state index in [4.69, 9.17) is 21.4 Å². The van der Waals surface area contributed by atoms with Crippen LogP contribution in [0.1, 0.15) is 19.4 Å². The Morgan fingerprint density at radius 2 is 2.00 bits per heavy atom. The molecule has 2 unspecified atom stereocenters. The highest BCUT2D eigenvalue weighted by Crippen LogP contribution is 2.26. The third-order valence-corrected chi connectivity index (χ3v) is 3.34. The maximum Gasteiger partial charge on any atom is 0.0726 e. The Bertz CT molecular complexity index is 387. The van der Waals surface area contributed by atoms with Gasteiger partial charge >= 0.3 is 0 Å². The van der Waals surface area contributed by atoms with Gasteiger partial charge in [0.25, 0.3) is 0 Å². The standard InChI is InChI=1S/C13H18ClNO2/c1-9-6-15(7-10(2)17-9)12-4-3-11(8-16)13(14)5-12/h3-5,9-10,16H,6-8H2,1-2H3. The molecular formula is C13H18ClNO2. The molecule has 0 amide bonds.